The van der Waals surface area contributed by atoms with E-state index in [1.54, 1.807) is 6.07 Å². The van der Waals surface area contributed by atoms with Gasteiger partial charge in [0.1, 0.15) is 5.82 Å². The third-order valence-corrected chi connectivity index (χ3v) is 3.26. The van der Waals surface area contributed by atoms with E-state index >= 15 is 0 Å². The molecule has 0 aliphatic carbocycles. The van der Waals surface area contributed by atoms with E-state index in [2.05, 4.69) is 18.8 Å². The fourth-order valence-electron chi connectivity index (χ4n) is 1.18. The summed E-state index contributed by atoms with van der Waals surface area (Å²) in [4.78, 5) is 4.35. The highest BCUT2D eigenvalue weighted by Crippen LogP contribution is 2.28. The van der Waals surface area contributed by atoms with E-state index in [-0.39, 0.29) is 5.82 Å². The average Bonchev–Trinajstić information content (AvgIpc) is 2.49. The molecule has 1 nitrogen and oxygen atoms in total. The van der Waals surface area contributed by atoms with E-state index in [1.807, 2.05) is 6.07 Å². The van der Waals surface area contributed by atoms with E-state index in [0.29, 0.717) is 10.6 Å². The first-order chi connectivity index (χ1) is 6.18. The van der Waals surface area contributed by atoms with Gasteiger partial charge < -0.3 is 0 Å². The zero-order chi connectivity index (χ0) is 9.42. The van der Waals surface area contributed by atoms with Crippen LogP contribution in [-0.2, 0) is 0 Å². The third kappa shape index (κ3) is 1.44. The smallest absolute Gasteiger partial charge is 0.142 e. The number of hydrogen-bond donors (Lipinski definition) is 0. The van der Waals surface area contributed by atoms with Gasteiger partial charge in [0.25, 0.3) is 0 Å². The minimum Gasteiger partial charge on any atom is -0.241 e. The van der Waals surface area contributed by atoms with Crippen LogP contribution in [0.2, 0.25) is 0 Å². The molecule has 0 spiro atoms. The molecule has 2 rings (SSSR count). The van der Waals surface area contributed by atoms with Crippen LogP contribution in [0, 0.1) is 5.82 Å². The summed E-state index contributed by atoms with van der Waals surface area (Å²) < 4.78 is 13.9. The molecule has 0 aliphatic rings. The maximum Gasteiger partial charge on any atom is 0.142 e. The molecule has 0 saturated heterocycles. The normalized spacial score (nSPS) is 11.4. The molecule has 0 bridgehead atoms. The SMILES string of the molecule is CC(C)c1nc2cccc(F)c2s1. The molecule has 0 aliphatic heterocycles. The number of benzene rings is 1. The molecule has 1 aromatic heterocycles. The zero-order valence-corrected chi connectivity index (χ0v) is 8.36. The van der Waals surface area contributed by atoms with Crippen molar-refractivity contribution in [3.63, 3.8) is 0 Å². The fourth-order valence-corrected chi connectivity index (χ4v) is 2.15. The van der Waals surface area contributed by atoms with Gasteiger partial charge in [0.15, 0.2) is 0 Å². The highest BCUT2D eigenvalue weighted by atomic mass is 32.1. The number of aromatic nitrogens is 1. The van der Waals surface area contributed by atoms with Gasteiger partial charge in [-0.3, -0.25) is 0 Å². The van der Waals surface area contributed by atoms with Gasteiger partial charge in [-0.15, -0.1) is 11.3 Å². The summed E-state index contributed by atoms with van der Waals surface area (Å²) in [5.74, 6) is 0.207. The van der Waals surface area contributed by atoms with Crippen molar-refractivity contribution in [2.45, 2.75) is 19.8 Å². The van der Waals surface area contributed by atoms with Gasteiger partial charge in [-0.25, -0.2) is 9.37 Å². The van der Waals surface area contributed by atoms with Crippen LogP contribution in [0.15, 0.2) is 18.2 Å². The van der Waals surface area contributed by atoms with Crippen molar-refractivity contribution in [1.82, 2.24) is 4.98 Å². The minimum absolute atomic E-state index is 0.165. The third-order valence-electron chi connectivity index (χ3n) is 1.88. The lowest BCUT2D eigenvalue weighted by atomic mass is 10.2. The molecule has 0 saturated carbocycles. The molecule has 68 valence electrons. The van der Waals surface area contributed by atoms with E-state index in [9.17, 15) is 4.39 Å². The molecule has 2 aromatic rings. The van der Waals surface area contributed by atoms with E-state index < -0.39 is 0 Å². The van der Waals surface area contributed by atoms with Crippen molar-refractivity contribution in [2.75, 3.05) is 0 Å². The van der Waals surface area contributed by atoms with Crippen LogP contribution in [0.4, 0.5) is 4.39 Å². The van der Waals surface area contributed by atoms with Crippen molar-refractivity contribution in [3.8, 4) is 0 Å². The van der Waals surface area contributed by atoms with Gasteiger partial charge in [-0.05, 0) is 12.1 Å². The summed E-state index contributed by atoms with van der Waals surface area (Å²) in [7, 11) is 0. The topological polar surface area (TPSA) is 12.9 Å². The molecule has 3 heteroatoms. The lowest BCUT2D eigenvalue weighted by molar-refractivity contribution is 0.641. The molecule has 0 unspecified atom stereocenters. The Bertz CT molecular complexity index is 433. The van der Waals surface area contributed by atoms with Crippen LogP contribution < -0.4 is 0 Å². The molecular weight excluding hydrogens is 185 g/mol. The van der Waals surface area contributed by atoms with Gasteiger partial charge in [-0.1, -0.05) is 19.9 Å². The molecule has 0 N–H and O–H groups in total. The minimum atomic E-state index is -0.165. The molecule has 0 amide bonds. The van der Waals surface area contributed by atoms with Crippen molar-refractivity contribution in [2.24, 2.45) is 0 Å². The average molecular weight is 195 g/mol. The number of rotatable bonds is 1. The molecule has 0 atom stereocenters. The summed E-state index contributed by atoms with van der Waals surface area (Å²) in [6.07, 6.45) is 0. The van der Waals surface area contributed by atoms with Crippen LogP contribution in [0.25, 0.3) is 10.2 Å². The van der Waals surface area contributed by atoms with Crippen LogP contribution in [0.1, 0.15) is 24.8 Å². The summed E-state index contributed by atoms with van der Waals surface area (Å²) in [6.45, 7) is 4.13. The molecular formula is C10H10FNS. The number of fused-ring (bicyclic) bond motifs is 1. The number of thiazole rings is 1. The first-order valence-corrected chi connectivity index (χ1v) is 5.05. The first-order valence-electron chi connectivity index (χ1n) is 4.23. The Hall–Kier alpha value is -0.960. The summed E-state index contributed by atoms with van der Waals surface area (Å²) >= 11 is 1.45. The summed E-state index contributed by atoms with van der Waals surface area (Å²) in [5.41, 5.74) is 0.772. The van der Waals surface area contributed by atoms with Crippen molar-refractivity contribution in [1.29, 1.82) is 0 Å². The van der Waals surface area contributed by atoms with E-state index in [4.69, 9.17) is 0 Å². The predicted octanol–water partition coefficient (Wildman–Crippen LogP) is 3.56. The lowest BCUT2D eigenvalue weighted by Gasteiger charge is -1.94. The van der Waals surface area contributed by atoms with Crippen molar-refractivity contribution >= 4 is 21.6 Å². The molecule has 0 fully saturated rings. The van der Waals surface area contributed by atoms with E-state index in [1.165, 1.54) is 17.4 Å². The lowest BCUT2D eigenvalue weighted by Crippen LogP contribution is -1.82. The highest BCUT2D eigenvalue weighted by molar-refractivity contribution is 7.18. The van der Waals surface area contributed by atoms with Gasteiger partial charge in [-0.2, -0.15) is 0 Å². The summed E-state index contributed by atoms with van der Waals surface area (Å²) in [6, 6.07) is 5.02. The van der Waals surface area contributed by atoms with E-state index in [0.717, 1.165) is 10.5 Å². The molecule has 0 radical (unpaired) electrons. The number of hydrogen-bond acceptors (Lipinski definition) is 2. The number of halogens is 1. The van der Waals surface area contributed by atoms with Crippen LogP contribution in [0.5, 0.6) is 0 Å². The maximum absolute atomic E-state index is 13.2. The van der Waals surface area contributed by atoms with Gasteiger partial charge in [0, 0.05) is 5.92 Å². The number of nitrogens with zero attached hydrogens (tertiary/aromatic N) is 1. The van der Waals surface area contributed by atoms with Crippen LogP contribution in [0.3, 0.4) is 0 Å². The second-order valence-electron chi connectivity index (χ2n) is 3.29. The Kier molecular flexibility index (Phi) is 2.04. The summed E-state index contributed by atoms with van der Waals surface area (Å²) in [5, 5.41) is 1.00. The monoisotopic (exact) mass is 195 g/mol. The molecule has 1 heterocycles. The second-order valence-corrected chi connectivity index (χ2v) is 4.33. The Morgan fingerprint density at radius 3 is 2.77 bits per heavy atom. The zero-order valence-electron chi connectivity index (χ0n) is 7.54. The fraction of sp³-hybridized carbons (Fsp3) is 0.300. The Labute approximate surface area is 80.2 Å². The highest BCUT2D eigenvalue weighted by Gasteiger charge is 2.09. The van der Waals surface area contributed by atoms with Crippen molar-refractivity contribution in [3.05, 3.63) is 29.0 Å². The standard InChI is InChI=1S/C10H10FNS/c1-6(2)10-12-8-5-3-4-7(11)9(8)13-10/h3-6H,1-2H3. The molecule has 13 heavy (non-hydrogen) atoms. The quantitative estimate of drug-likeness (QED) is 0.678. The first kappa shape index (κ1) is 8.63. The van der Waals surface area contributed by atoms with Gasteiger partial charge in [0.2, 0.25) is 0 Å². The largest absolute Gasteiger partial charge is 0.241 e. The predicted molar refractivity (Wildman–Crippen MR) is 53.7 cm³/mol. The Morgan fingerprint density at radius 1 is 1.38 bits per heavy atom. The van der Waals surface area contributed by atoms with Crippen LogP contribution in [-0.4, -0.2) is 4.98 Å². The Balaban J connectivity index is 2.68. The maximum atomic E-state index is 13.2. The van der Waals surface area contributed by atoms with Crippen LogP contribution >= 0.6 is 11.3 Å². The Morgan fingerprint density at radius 2 is 2.15 bits per heavy atom. The van der Waals surface area contributed by atoms with Gasteiger partial charge >= 0.3 is 0 Å². The second kappa shape index (κ2) is 3.07. The molecule has 1 aromatic carbocycles. The van der Waals surface area contributed by atoms with Gasteiger partial charge in [0.05, 0.1) is 15.2 Å². The van der Waals surface area contributed by atoms with Crippen molar-refractivity contribution < 1.29 is 4.39 Å².